The molecule has 0 unspecified atom stereocenters. The molecule has 0 radical (unpaired) electrons. The SMILES string of the molecule is COc1ccc(CSc2n[nH]c(N/N=C(\C)c3ccc(OC)cc3)n2)cc1. The van der Waals surface area contributed by atoms with Gasteiger partial charge in [-0.3, -0.25) is 0 Å². The van der Waals surface area contributed by atoms with Crippen LogP contribution in [0, 0.1) is 0 Å². The highest BCUT2D eigenvalue weighted by molar-refractivity contribution is 7.98. The largest absolute Gasteiger partial charge is 0.497 e. The lowest BCUT2D eigenvalue weighted by Crippen LogP contribution is -2.00. The Balaban J connectivity index is 1.54. The molecule has 8 heteroatoms. The van der Waals surface area contributed by atoms with Crippen LogP contribution in [-0.2, 0) is 5.75 Å². The first-order valence-electron chi connectivity index (χ1n) is 8.31. The minimum absolute atomic E-state index is 0.500. The Bertz CT molecular complexity index is 891. The number of thioether (sulfide) groups is 1. The van der Waals surface area contributed by atoms with Gasteiger partial charge in [-0.05, 0) is 54.4 Å². The van der Waals surface area contributed by atoms with Crippen LogP contribution in [-0.4, -0.2) is 35.1 Å². The molecule has 1 heterocycles. The standard InChI is InChI=1S/C19H21N5O2S/c1-13(15-6-10-17(26-3)11-7-15)21-22-18-20-19(24-23-18)27-12-14-4-8-16(25-2)9-5-14/h4-11H,12H2,1-3H3,(H2,20,22,23,24)/b21-13+. The van der Waals surface area contributed by atoms with Crippen molar-refractivity contribution < 1.29 is 9.47 Å². The number of aromatic amines is 1. The van der Waals surface area contributed by atoms with Crippen molar-refractivity contribution in [3.05, 3.63) is 59.7 Å². The van der Waals surface area contributed by atoms with E-state index in [1.165, 1.54) is 5.56 Å². The monoisotopic (exact) mass is 383 g/mol. The molecule has 3 aromatic rings. The number of aromatic nitrogens is 3. The van der Waals surface area contributed by atoms with Crippen molar-refractivity contribution in [1.82, 2.24) is 15.2 Å². The lowest BCUT2D eigenvalue weighted by molar-refractivity contribution is 0.414. The van der Waals surface area contributed by atoms with Gasteiger partial charge in [0, 0.05) is 5.75 Å². The first-order chi connectivity index (χ1) is 13.2. The lowest BCUT2D eigenvalue weighted by atomic mass is 10.1. The Morgan fingerprint density at radius 1 is 1.04 bits per heavy atom. The van der Waals surface area contributed by atoms with Gasteiger partial charge in [0.15, 0.2) is 0 Å². The average molecular weight is 383 g/mol. The molecular formula is C19H21N5O2S. The van der Waals surface area contributed by atoms with E-state index in [2.05, 4.69) is 25.7 Å². The average Bonchev–Trinajstić information content (AvgIpc) is 3.19. The van der Waals surface area contributed by atoms with Crippen molar-refractivity contribution in [2.24, 2.45) is 5.10 Å². The van der Waals surface area contributed by atoms with Crippen LogP contribution in [0.3, 0.4) is 0 Å². The molecule has 0 amide bonds. The predicted octanol–water partition coefficient (Wildman–Crippen LogP) is 3.95. The molecule has 0 atom stereocenters. The van der Waals surface area contributed by atoms with Gasteiger partial charge in [-0.1, -0.05) is 23.9 Å². The molecule has 1 aromatic heterocycles. The van der Waals surface area contributed by atoms with E-state index < -0.39 is 0 Å². The summed E-state index contributed by atoms with van der Waals surface area (Å²) in [6, 6.07) is 15.6. The number of hydrogen-bond acceptors (Lipinski definition) is 7. The molecule has 0 fully saturated rings. The van der Waals surface area contributed by atoms with Gasteiger partial charge in [0.05, 0.1) is 19.9 Å². The molecule has 2 aromatic carbocycles. The maximum absolute atomic E-state index is 5.16. The molecule has 0 saturated carbocycles. The molecule has 0 aliphatic heterocycles. The highest BCUT2D eigenvalue weighted by atomic mass is 32.2. The number of H-pyrrole nitrogens is 1. The molecule has 0 spiro atoms. The normalized spacial score (nSPS) is 11.3. The number of rotatable bonds is 8. The third-order valence-corrected chi connectivity index (χ3v) is 4.75. The lowest BCUT2D eigenvalue weighted by Gasteiger charge is -2.03. The number of methoxy groups -OCH3 is 2. The van der Waals surface area contributed by atoms with Crippen LogP contribution in [0.25, 0.3) is 0 Å². The van der Waals surface area contributed by atoms with Crippen molar-refractivity contribution in [3.8, 4) is 11.5 Å². The molecular weight excluding hydrogens is 362 g/mol. The Morgan fingerprint density at radius 3 is 2.30 bits per heavy atom. The van der Waals surface area contributed by atoms with Crippen molar-refractivity contribution in [1.29, 1.82) is 0 Å². The Kier molecular flexibility index (Phi) is 6.32. The van der Waals surface area contributed by atoms with E-state index in [0.29, 0.717) is 11.1 Å². The smallest absolute Gasteiger partial charge is 0.240 e. The van der Waals surface area contributed by atoms with E-state index >= 15 is 0 Å². The van der Waals surface area contributed by atoms with Crippen molar-refractivity contribution in [3.63, 3.8) is 0 Å². The van der Waals surface area contributed by atoms with Crippen LogP contribution in [0.1, 0.15) is 18.1 Å². The second kappa shape index (κ2) is 9.09. The number of nitrogens with one attached hydrogen (secondary N) is 2. The van der Waals surface area contributed by atoms with Crippen LogP contribution < -0.4 is 14.9 Å². The summed E-state index contributed by atoms with van der Waals surface area (Å²) in [6.07, 6.45) is 0. The number of benzene rings is 2. The number of nitrogens with zero attached hydrogens (tertiary/aromatic N) is 3. The summed E-state index contributed by atoms with van der Waals surface area (Å²) in [5.74, 6) is 2.93. The maximum Gasteiger partial charge on any atom is 0.240 e. The van der Waals surface area contributed by atoms with Crippen LogP contribution in [0.15, 0.2) is 58.8 Å². The Hall–Kier alpha value is -3.00. The fourth-order valence-corrected chi connectivity index (χ4v) is 3.02. The summed E-state index contributed by atoms with van der Waals surface area (Å²) >= 11 is 1.55. The predicted molar refractivity (Wildman–Crippen MR) is 108 cm³/mol. The van der Waals surface area contributed by atoms with E-state index in [0.717, 1.165) is 28.5 Å². The molecule has 7 nitrogen and oxygen atoms in total. The zero-order chi connectivity index (χ0) is 19.1. The summed E-state index contributed by atoms with van der Waals surface area (Å²) in [7, 11) is 3.30. The van der Waals surface area contributed by atoms with E-state index in [-0.39, 0.29) is 0 Å². The highest BCUT2D eigenvalue weighted by Gasteiger charge is 2.05. The van der Waals surface area contributed by atoms with E-state index in [9.17, 15) is 0 Å². The molecule has 0 aliphatic rings. The number of hydrazone groups is 1. The summed E-state index contributed by atoms with van der Waals surface area (Å²) < 4.78 is 10.3. The number of anilines is 1. The van der Waals surface area contributed by atoms with Gasteiger partial charge in [0.25, 0.3) is 0 Å². The first kappa shape index (κ1) is 18.8. The molecule has 0 bridgehead atoms. The van der Waals surface area contributed by atoms with Gasteiger partial charge in [-0.2, -0.15) is 10.1 Å². The molecule has 27 heavy (non-hydrogen) atoms. The second-order valence-electron chi connectivity index (χ2n) is 5.64. The third-order valence-electron chi connectivity index (χ3n) is 3.83. The quantitative estimate of drug-likeness (QED) is 0.348. The first-order valence-corrected chi connectivity index (χ1v) is 9.29. The second-order valence-corrected chi connectivity index (χ2v) is 6.58. The zero-order valence-electron chi connectivity index (χ0n) is 15.4. The zero-order valence-corrected chi connectivity index (χ0v) is 16.2. The van der Waals surface area contributed by atoms with Gasteiger partial charge in [0.2, 0.25) is 11.1 Å². The molecule has 3 rings (SSSR count). The molecule has 0 aliphatic carbocycles. The van der Waals surface area contributed by atoms with Gasteiger partial charge in [-0.15, -0.1) is 5.10 Å². The van der Waals surface area contributed by atoms with E-state index in [1.807, 2.05) is 55.5 Å². The fourth-order valence-electron chi connectivity index (χ4n) is 2.26. The van der Waals surface area contributed by atoms with E-state index in [1.54, 1.807) is 26.0 Å². The molecule has 140 valence electrons. The van der Waals surface area contributed by atoms with Gasteiger partial charge >= 0.3 is 0 Å². The minimum atomic E-state index is 0.500. The van der Waals surface area contributed by atoms with Crippen LogP contribution in [0.5, 0.6) is 11.5 Å². The van der Waals surface area contributed by atoms with Crippen LogP contribution >= 0.6 is 11.8 Å². The minimum Gasteiger partial charge on any atom is -0.497 e. The number of hydrogen-bond donors (Lipinski definition) is 2. The third kappa shape index (κ3) is 5.24. The summed E-state index contributed by atoms with van der Waals surface area (Å²) in [5, 5.41) is 12.0. The molecule has 0 saturated heterocycles. The summed E-state index contributed by atoms with van der Waals surface area (Å²) in [4.78, 5) is 4.39. The maximum atomic E-state index is 5.16. The fraction of sp³-hybridized carbons (Fsp3) is 0.211. The Morgan fingerprint density at radius 2 is 1.67 bits per heavy atom. The topological polar surface area (TPSA) is 84.4 Å². The van der Waals surface area contributed by atoms with Crippen molar-refractivity contribution in [2.45, 2.75) is 17.8 Å². The summed E-state index contributed by atoms with van der Waals surface area (Å²) in [6.45, 7) is 1.92. The van der Waals surface area contributed by atoms with Crippen LogP contribution in [0.4, 0.5) is 5.95 Å². The van der Waals surface area contributed by atoms with Crippen molar-refractivity contribution >= 4 is 23.4 Å². The number of ether oxygens (including phenoxy) is 2. The van der Waals surface area contributed by atoms with Gasteiger partial charge < -0.3 is 9.47 Å². The van der Waals surface area contributed by atoms with Crippen LogP contribution in [0.2, 0.25) is 0 Å². The van der Waals surface area contributed by atoms with Gasteiger partial charge in [0.1, 0.15) is 11.5 Å². The van der Waals surface area contributed by atoms with E-state index in [4.69, 9.17) is 9.47 Å². The van der Waals surface area contributed by atoms with Gasteiger partial charge in [-0.25, -0.2) is 10.5 Å². The highest BCUT2D eigenvalue weighted by Crippen LogP contribution is 2.21. The Labute approximate surface area is 162 Å². The summed E-state index contributed by atoms with van der Waals surface area (Å²) in [5.41, 5.74) is 5.91. The van der Waals surface area contributed by atoms with Crippen molar-refractivity contribution in [2.75, 3.05) is 19.6 Å². The molecule has 2 N–H and O–H groups in total.